The third-order valence-electron chi connectivity index (χ3n) is 2.47. The minimum atomic E-state index is -0.343. The Kier molecular flexibility index (Phi) is 2.66. The monoisotopic (exact) mass is 230 g/mol. The molecule has 86 valence electrons. The maximum absolute atomic E-state index is 11.2. The molecule has 1 fully saturated rings. The van der Waals surface area contributed by atoms with Crippen molar-refractivity contribution in [2.45, 2.75) is 0 Å². The molecule has 0 spiro atoms. The number of nitrogen functional groups attached to an aromatic ring is 1. The van der Waals surface area contributed by atoms with Crippen molar-refractivity contribution in [1.29, 1.82) is 5.26 Å². The number of amides is 2. The summed E-state index contributed by atoms with van der Waals surface area (Å²) >= 11 is 0. The number of nitriles is 1. The predicted molar refractivity (Wildman–Crippen MR) is 60.9 cm³/mol. The van der Waals surface area contributed by atoms with Crippen molar-refractivity contribution in [3.63, 3.8) is 0 Å². The molecule has 1 heterocycles. The third kappa shape index (κ3) is 2.18. The van der Waals surface area contributed by atoms with E-state index < -0.39 is 0 Å². The molecule has 0 saturated carbocycles. The summed E-state index contributed by atoms with van der Waals surface area (Å²) in [6.45, 7) is 0.216. The van der Waals surface area contributed by atoms with Crippen LogP contribution in [-0.4, -0.2) is 24.9 Å². The molecule has 1 aliphatic heterocycles. The van der Waals surface area contributed by atoms with E-state index in [9.17, 15) is 9.59 Å². The summed E-state index contributed by atoms with van der Waals surface area (Å²) in [5.74, 6) is -0.687. The lowest BCUT2D eigenvalue weighted by Crippen LogP contribution is -2.51. The first-order valence-corrected chi connectivity index (χ1v) is 4.97. The Balaban J connectivity index is 2.28. The maximum atomic E-state index is 11.2. The van der Waals surface area contributed by atoms with E-state index in [1.165, 1.54) is 0 Å². The second kappa shape index (κ2) is 4.14. The Labute approximate surface area is 97.6 Å². The number of nitrogens with zero attached hydrogens (tertiary/aromatic N) is 2. The molecule has 2 rings (SSSR count). The van der Waals surface area contributed by atoms with E-state index in [1.54, 1.807) is 23.1 Å². The van der Waals surface area contributed by atoms with Crippen LogP contribution >= 0.6 is 0 Å². The molecule has 0 bridgehead atoms. The van der Waals surface area contributed by atoms with E-state index >= 15 is 0 Å². The van der Waals surface area contributed by atoms with E-state index in [0.29, 0.717) is 16.9 Å². The Morgan fingerprint density at radius 1 is 1.29 bits per heavy atom. The first-order chi connectivity index (χ1) is 8.10. The van der Waals surface area contributed by atoms with Crippen molar-refractivity contribution in [3.8, 4) is 6.07 Å². The van der Waals surface area contributed by atoms with Crippen molar-refractivity contribution in [3.05, 3.63) is 23.8 Å². The molecule has 0 aliphatic carbocycles. The lowest BCUT2D eigenvalue weighted by Gasteiger charge is -2.27. The second-order valence-corrected chi connectivity index (χ2v) is 3.71. The van der Waals surface area contributed by atoms with Crippen molar-refractivity contribution in [1.82, 2.24) is 5.32 Å². The molecule has 1 aromatic rings. The SMILES string of the molecule is N#Cc1ccc(N2CC(=O)NC(=O)C2)cc1N. The van der Waals surface area contributed by atoms with Gasteiger partial charge in [-0.25, -0.2) is 0 Å². The largest absolute Gasteiger partial charge is 0.398 e. The number of piperazine rings is 1. The number of hydrogen-bond donors (Lipinski definition) is 2. The van der Waals surface area contributed by atoms with Crippen LogP contribution in [0.5, 0.6) is 0 Å². The molecule has 0 radical (unpaired) electrons. The molecule has 0 unspecified atom stereocenters. The Morgan fingerprint density at radius 2 is 1.94 bits per heavy atom. The van der Waals surface area contributed by atoms with Gasteiger partial charge >= 0.3 is 0 Å². The predicted octanol–water partition coefficient (Wildman–Crippen LogP) is -0.397. The molecule has 6 heteroatoms. The smallest absolute Gasteiger partial charge is 0.246 e. The molecule has 3 N–H and O–H groups in total. The normalized spacial score (nSPS) is 15.4. The van der Waals surface area contributed by atoms with Gasteiger partial charge in [-0.05, 0) is 18.2 Å². The van der Waals surface area contributed by atoms with Gasteiger partial charge in [0.1, 0.15) is 6.07 Å². The van der Waals surface area contributed by atoms with Crippen molar-refractivity contribution in [2.24, 2.45) is 0 Å². The quantitative estimate of drug-likeness (QED) is 0.505. The van der Waals surface area contributed by atoms with Crippen LogP contribution in [0.4, 0.5) is 11.4 Å². The first kappa shape index (κ1) is 11.0. The second-order valence-electron chi connectivity index (χ2n) is 3.71. The van der Waals surface area contributed by atoms with Gasteiger partial charge in [0.15, 0.2) is 0 Å². The minimum absolute atomic E-state index is 0.108. The third-order valence-corrected chi connectivity index (χ3v) is 2.47. The minimum Gasteiger partial charge on any atom is -0.398 e. The van der Waals surface area contributed by atoms with Crippen LogP contribution < -0.4 is 16.0 Å². The summed E-state index contributed by atoms with van der Waals surface area (Å²) in [6.07, 6.45) is 0. The van der Waals surface area contributed by atoms with E-state index in [0.717, 1.165) is 0 Å². The molecule has 1 aliphatic rings. The number of hydrogen-bond acceptors (Lipinski definition) is 5. The van der Waals surface area contributed by atoms with Gasteiger partial charge in [0.05, 0.1) is 24.3 Å². The molecular formula is C11H10N4O2. The summed E-state index contributed by atoms with van der Waals surface area (Å²) in [7, 11) is 0. The first-order valence-electron chi connectivity index (χ1n) is 4.97. The van der Waals surface area contributed by atoms with Gasteiger partial charge in [-0.2, -0.15) is 5.26 Å². The standard InChI is InChI=1S/C11H10N4O2/c12-4-7-1-2-8(3-9(7)13)15-5-10(16)14-11(17)6-15/h1-3H,5-6,13H2,(H,14,16,17). The molecular weight excluding hydrogens is 220 g/mol. The highest BCUT2D eigenvalue weighted by molar-refractivity contribution is 6.02. The van der Waals surface area contributed by atoms with Gasteiger partial charge in [-0.3, -0.25) is 14.9 Å². The molecule has 17 heavy (non-hydrogen) atoms. The number of nitrogens with two attached hydrogens (primary N) is 1. The molecule has 1 saturated heterocycles. The fraction of sp³-hybridized carbons (Fsp3) is 0.182. The highest BCUT2D eigenvalue weighted by Crippen LogP contribution is 2.21. The summed E-state index contributed by atoms with van der Waals surface area (Å²) < 4.78 is 0. The number of rotatable bonds is 1. The average molecular weight is 230 g/mol. The van der Waals surface area contributed by atoms with Crippen LogP contribution in [0.1, 0.15) is 5.56 Å². The lowest BCUT2D eigenvalue weighted by molar-refractivity contribution is -0.130. The lowest BCUT2D eigenvalue weighted by atomic mass is 10.1. The highest BCUT2D eigenvalue weighted by atomic mass is 16.2. The zero-order valence-electron chi connectivity index (χ0n) is 8.93. The van der Waals surface area contributed by atoms with E-state index in [-0.39, 0.29) is 24.9 Å². The van der Waals surface area contributed by atoms with Gasteiger partial charge in [-0.15, -0.1) is 0 Å². The van der Waals surface area contributed by atoms with Crippen LogP contribution in [0.3, 0.4) is 0 Å². The van der Waals surface area contributed by atoms with Crippen LogP contribution in [0.2, 0.25) is 0 Å². The molecule has 0 aromatic heterocycles. The van der Waals surface area contributed by atoms with Crippen LogP contribution in [0, 0.1) is 11.3 Å². The van der Waals surface area contributed by atoms with E-state index in [2.05, 4.69) is 5.32 Å². The maximum Gasteiger partial charge on any atom is 0.246 e. The van der Waals surface area contributed by atoms with Gasteiger partial charge in [0, 0.05) is 5.69 Å². The van der Waals surface area contributed by atoms with Gasteiger partial charge in [0.25, 0.3) is 0 Å². The number of benzene rings is 1. The summed E-state index contributed by atoms with van der Waals surface area (Å²) in [6, 6.07) is 6.78. The number of imide groups is 1. The fourth-order valence-corrected chi connectivity index (χ4v) is 1.67. The number of carbonyl (C=O) groups is 2. The van der Waals surface area contributed by atoms with Gasteiger partial charge in [-0.1, -0.05) is 0 Å². The van der Waals surface area contributed by atoms with E-state index in [1.807, 2.05) is 6.07 Å². The Hall–Kier alpha value is -2.55. The summed E-state index contributed by atoms with van der Waals surface area (Å²) in [5.41, 5.74) is 7.04. The topological polar surface area (TPSA) is 99.2 Å². The molecule has 2 amide bonds. The Bertz CT molecular complexity index is 517. The fourth-order valence-electron chi connectivity index (χ4n) is 1.67. The van der Waals surface area contributed by atoms with Crippen molar-refractivity contribution in [2.75, 3.05) is 23.7 Å². The Morgan fingerprint density at radius 3 is 2.47 bits per heavy atom. The van der Waals surface area contributed by atoms with E-state index in [4.69, 9.17) is 11.0 Å². The zero-order chi connectivity index (χ0) is 12.4. The van der Waals surface area contributed by atoms with Gasteiger partial charge in [0.2, 0.25) is 11.8 Å². The molecule has 0 atom stereocenters. The van der Waals surface area contributed by atoms with Crippen molar-refractivity contribution < 1.29 is 9.59 Å². The highest BCUT2D eigenvalue weighted by Gasteiger charge is 2.22. The number of nitrogens with one attached hydrogen (secondary N) is 1. The van der Waals surface area contributed by atoms with Crippen LogP contribution in [0.25, 0.3) is 0 Å². The summed E-state index contributed by atoms with van der Waals surface area (Å²) in [5, 5.41) is 11.0. The average Bonchev–Trinajstić information content (AvgIpc) is 2.27. The van der Waals surface area contributed by atoms with Gasteiger partial charge < -0.3 is 10.6 Å². The number of anilines is 2. The molecule has 6 nitrogen and oxygen atoms in total. The van der Waals surface area contributed by atoms with Crippen LogP contribution in [-0.2, 0) is 9.59 Å². The summed E-state index contributed by atoms with van der Waals surface area (Å²) in [4.78, 5) is 24.0. The molecule has 1 aromatic carbocycles. The van der Waals surface area contributed by atoms with Crippen LogP contribution in [0.15, 0.2) is 18.2 Å². The zero-order valence-corrected chi connectivity index (χ0v) is 8.93. The number of carbonyl (C=O) groups excluding carboxylic acids is 2. The van der Waals surface area contributed by atoms with Crippen molar-refractivity contribution >= 4 is 23.2 Å².